The summed E-state index contributed by atoms with van der Waals surface area (Å²) in [6.07, 6.45) is 24.1. The first-order valence-corrected chi connectivity index (χ1v) is 11.7. The van der Waals surface area contributed by atoms with Gasteiger partial charge in [-0.1, -0.05) is 102 Å². The molecular formula is C26H40F2. The van der Waals surface area contributed by atoms with Crippen LogP contribution in [0.4, 0.5) is 8.78 Å². The maximum absolute atomic E-state index is 15.1. The Balaban J connectivity index is 1.97. The fraction of sp³-hybridized carbons (Fsp3) is 0.692. The quantitative estimate of drug-likeness (QED) is 0.275. The van der Waals surface area contributed by atoms with Crippen LogP contribution in [0.3, 0.4) is 0 Å². The summed E-state index contributed by atoms with van der Waals surface area (Å²) in [5.74, 6) is -0.343. The Morgan fingerprint density at radius 3 is 2.25 bits per heavy atom. The van der Waals surface area contributed by atoms with Crippen molar-refractivity contribution in [3.05, 3.63) is 47.9 Å². The SMILES string of the molecule is CCCCCCCCC1(C2C=CC(CCCCCC)=CC2)C(F)=CC=CC1F. The molecular weight excluding hydrogens is 350 g/mol. The van der Waals surface area contributed by atoms with E-state index in [0.29, 0.717) is 6.42 Å². The van der Waals surface area contributed by atoms with Crippen LogP contribution >= 0.6 is 0 Å². The van der Waals surface area contributed by atoms with Gasteiger partial charge in [-0.2, -0.15) is 0 Å². The maximum Gasteiger partial charge on any atom is 0.131 e. The molecule has 0 aromatic rings. The molecule has 0 saturated carbocycles. The number of rotatable bonds is 13. The molecule has 3 unspecified atom stereocenters. The molecule has 2 rings (SSSR count). The van der Waals surface area contributed by atoms with Gasteiger partial charge in [-0.15, -0.1) is 0 Å². The summed E-state index contributed by atoms with van der Waals surface area (Å²) in [5, 5.41) is 0. The van der Waals surface area contributed by atoms with Crippen LogP contribution in [-0.2, 0) is 0 Å². The van der Waals surface area contributed by atoms with E-state index in [1.165, 1.54) is 63.0 Å². The van der Waals surface area contributed by atoms with E-state index in [2.05, 4.69) is 32.1 Å². The third kappa shape index (κ3) is 6.16. The molecule has 158 valence electrons. The predicted molar refractivity (Wildman–Crippen MR) is 118 cm³/mol. The Morgan fingerprint density at radius 2 is 1.61 bits per heavy atom. The van der Waals surface area contributed by atoms with Crippen LogP contribution in [0.25, 0.3) is 0 Å². The summed E-state index contributed by atoms with van der Waals surface area (Å²) in [6.45, 7) is 4.43. The van der Waals surface area contributed by atoms with Crippen molar-refractivity contribution >= 4 is 0 Å². The molecule has 0 fully saturated rings. The van der Waals surface area contributed by atoms with E-state index in [-0.39, 0.29) is 11.7 Å². The Hall–Kier alpha value is -1.18. The third-order valence-electron chi connectivity index (χ3n) is 6.56. The zero-order chi connectivity index (χ0) is 20.2. The van der Waals surface area contributed by atoms with E-state index in [4.69, 9.17) is 0 Å². The van der Waals surface area contributed by atoms with E-state index in [0.717, 1.165) is 25.7 Å². The second-order valence-corrected chi connectivity index (χ2v) is 8.65. The lowest BCUT2D eigenvalue weighted by Crippen LogP contribution is -2.40. The molecule has 2 heteroatoms. The Bertz CT molecular complexity index is 569. The fourth-order valence-electron chi connectivity index (χ4n) is 4.71. The van der Waals surface area contributed by atoms with Crippen LogP contribution in [0.2, 0.25) is 0 Å². The molecule has 0 radical (unpaired) electrons. The van der Waals surface area contributed by atoms with Crippen molar-refractivity contribution in [2.24, 2.45) is 11.3 Å². The molecule has 0 aromatic heterocycles. The molecule has 0 aromatic carbocycles. The Kier molecular flexibility index (Phi) is 10.2. The number of halogens is 2. The summed E-state index contributed by atoms with van der Waals surface area (Å²) in [4.78, 5) is 0. The van der Waals surface area contributed by atoms with Gasteiger partial charge in [0.25, 0.3) is 0 Å². The molecule has 0 nitrogen and oxygen atoms in total. The number of hydrogen-bond acceptors (Lipinski definition) is 0. The van der Waals surface area contributed by atoms with Gasteiger partial charge in [0.2, 0.25) is 0 Å². The standard InChI is InChI=1S/C26H40F2/c1-3-5-7-9-10-12-21-26(24(27)15-13-16-25(26)28)23-19-17-22(18-20-23)14-11-8-6-4-2/h13,15-19,23-24H,3-12,14,20-21H2,1-2H3. The monoisotopic (exact) mass is 390 g/mol. The smallest absolute Gasteiger partial charge is 0.131 e. The average Bonchev–Trinajstić information content (AvgIpc) is 2.71. The van der Waals surface area contributed by atoms with Crippen molar-refractivity contribution in [3.8, 4) is 0 Å². The van der Waals surface area contributed by atoms with Gasteiger partial charge >= 0.3 is 0 Å². The van der Waals surface area contributed by atoms with E-state index < -0.39 is 11.6 Å². The van der Waals surface area contributed by atoms with Crippen LogP contribution in [0.15, 0.2) is 47.9 Å². The molecule has 0 spiro atoms. The minimum atomic E-state index is -1.23. The van der Waals surface area contributed by atoms with Gasteiger partial charge in [-0.3, -0.25) is 0 Å². The lowest BCUT2D eigenvalue weighted by Gasteiger charge is -2.42. The summed E-state index contributed by atoms with van der Waals surface area (Å²) in [6, 6.07) is 0. The van der Waals surface area contributed by atoms with E-state index in [9.17, 15) is 0 Å². The van der Waals surface area contributed by atoms with Crippen molar-refractivity contribution in [2.75, 3.05) is 0 Å². The highest BCUT2D eigenvalue weighted by atomic mass is 19.1. The topological polar surface area (TPSA) is 0 Å². The van der Waals surface area contributed by atoms with Crippen molar-refractivity contribution < 1.29 is 8.78 Å². The highest BCUT2D eigenvalue weighted by Gasteiger charge is 2.48. The lowest BCUT2D eigenvalue weighted by molar-refractivity contribution is 0.0860. The van der Waals surface area contributed by atoms with Crippen LogP contribution in [0, 0.1) is 11.3 Å². The summed E-state index contributed by atoms with van der Waals surface area (Å²) < 4.78 is 30.2. The van der Waals surface area contributed by atoms with Gasteiger partial charge in [0.15, 0.2) is 0 Å². The molecule has 2 aliphatic rings. The second-order valence-electron chi connectivity index (χ2n) is 8.65. The number of allylic oxidation sites excluding steroid dienone is 8. The minimum Gasteiger partial charge on any atom is -0.242 e. The van der Waals surface area contributed by atoms with Crippen molar-refractivity contribution in [2.45, 2.75) is 103 Å². The number of unbranched alkanes of at least 4 members (excludes halogenated alkanes) is 8. The highest BCUT2D eigenvalue weighted by Crippen LogP contribution is 2.51. The first-order valence-electron chi connectivity index (χ1n) is 11.7. The van der Waals surface area contributed by atoms with Crippen molar-refractivity contribution in [3.63, 3.8) is 0 Å². The van der Waals surface area contributed by atoms with Gasteiger partial charge in [0, 0.05) is 0 Å². The van der Waals surface area contributed by atoms with Crippen molar-refractivity contribution in [1.82, 2.24) is 0 Å². The molecule has 2 aliphatic carbocycles. The summed E-state index contributed by atoms with van der Waals surface area (Å²) in [5.41, 5.74) is 0.341. The van der Waals surface area contributed by atoms with E-state index in [1.54, 1.807) is 12.2 Å². The van der Waals surface area contributed by atoms with Crippen LogP contribution < -0.4 is 0 Å². The van der Waals surface area contributed by atoms with Gasteiger partial charge in [-0.05, 0) is 43.8 Å². The zero-order valence-corrected chi connectivity index (χ0v) is 18.1. The van der Waals surface area contributed by atoms with Gasteiger partial charge in [0.05, 0.1) is 5.41 Å². The largest absolute Gasteiger partial charge is 0.242 e. The summed E-state index contributed by atoms with van der Waals surface area (Å²) >= 11 is 0. The Morgan fingerprint density at radius 1 is 0.929 bits per heavy atom. The maximum atomic E-state index is 15.1. The zero-order valence-electron chi connectivity index (χ0n) is 18.1. The molecule has 3 atom stereocenters. The van der Waals surface area contributed by atoms with Gasteiger partial charge < -0.3 is 0 Å². The normalized spacial score (nSPS) is 27.0. The number of hydrogen-bond donors (Lipinski definition) is 0. The van der Waals surface area contributed by atoms with Crippen molar-refractivity contribution in [1.29, 1.82) is 0 Å². The fourth-order valence-corrected chi connectivity index (χ4v) is 4.71. The predicted octanol–water partition coefficient (Wildman–Crippen LogP) is 8.96. The first-order chi connectivity index (χ1) is 13.6. The lowest BCUT2D eigenvalue weighted by atomic mass is 9.63. The minimum absolute atomic E-state index is 0.0845. The third-order valence-corrected chi connectivity index (χ3v) is 6.56. The molecule has 0 bridgehead atoms. The van der Waals surface area contributed by atoms with E-state index in [1.807, 2.05) is 0 Å². The Labute approximate surface area is 171 Å². The van der Waals surface area contributed by atoms with Crippen LogP contribution in [-0.4, -0.2) is 6.17 Å². The number of alkyl halides is 1. The van der Waals surface area contributed by atoms with Gasteiger partial charge in [0.1, 0.15) is 12.0 Å². The highest BCUT2D eigenvalue weighted by molar-refractivity contribution is 5.33. The molecule has 0 heterocycles. The molecule has 0 saturated heterocycles. The van der Waals surface area contributed by atoms with Gasteiger partial charge in [-0.25, -0.2) is 8.78 Å². The van der Waals surface area contributed by atoms with Crippen LogP contribution in [0.5, 0.6) is 0 Å². The molecule has 0 amide bonds. The molecule has 0 N–H and O–H groups in total. The van der Waals surface area contributed by atoms with E-state index >= 15 is 8.78 Å². The summed E-state index contributed by atoms with van der Waals surface area (Å²) in [7, 11) is 0. The first kappa shape index (κ1) is 23.1. The molecule has 0 aliphatic heterocycles. The second kappa shape index (κ2) is 12.4. The molecule has 28 heavy (non-hydrogen) atoms. The van der Waals surface area contributed by atoms with Crippen LogP contribution in [0.1, 0.15) is 97.3 Å². The average molecular weight is 391 g/mol.